The molecule has 0 aromatic carbocycles. The van der Waals surface area contributed by atoms with Gasteiger partial charge >= 0.3 is 5.65 Å². The average molecular weight is 855 g/mol. The number of hydrogen-bond acceptors (Lipinski definition) is 23. The van der Waals surface area contributed by atoms with Crippen LogP contribution in [0.5, 0.6) is 0 Å². The number of aromatic nitrogens is 8. The summed E-state index contributed by atoms with van der Waals surface area (Å²) < 4.78 is 87.3. The number of aryl methyl sites for hydroxylation is 1. The maximum Gasteiger partial charge on any atom is 0.313 e. The second kappa shape index (κ2) is 16.1. The lowest BCUT2D eigenvalue weighted by Gasteiger charge is -2.35. The molecule has 2 fully saturated rings. The average Bonchev–Trinajstić information content (AvgIpc) is 3.87. The normalized spacial score (nSPS) is 28.8. The number of phosphoric acid groups is 3. The molecule has 0 radical (unpaired) electrons. The van der Waals surface area contributed by atoms with Gasteiger partial charge in [0.1, 0.15) is 48.5 Å². The first-order chi connectivity index (χ1) is 26.3. The smallest absolute Gasteiger partial charge is 0.313 e. The number of H-pyrrole nitrogens is 1. The molecule has 0 amide bonds. The van der Waals surface area contributed by atoms with Gasteiger partial charge in [-0.25, -0.2) is 28.1 Å². The molecule has 4 aromatic rings. The first kappa shape index (κ1) is 42.3. The molecule has 6 heterocycles. The zero-order chi connectivity index (χ0) is 40.9. The van der Waals surface area contributed by atoms with Gasteiger partial charge in [0, 0.05) is 35.4 Å². The number of aliphatic hydroxyl groups is 1. The predicted molar refractivity (Wildman–Crippen MR) is 179 cm³/mol. The van der Waals surface area contributed by atoms with Crippen molar-refractivity contribution in [3.8, 4) is 0 Å². The van der Waals surface area contributed by atoms with Crippen molar-refractivity contribution in [1.29, 1.82) is 0 Å². The third kappa shape index (κ3) is 8.44. The van der Waals surface area contributed by atoms with Crippen molar-refractivity contribution in [1.82, 2.24) is 34.1 Å². The number of anilines is 2. The maximum absolute atomic E-state index is 12.8. The molecule has 30 heteroatoms. The van der Waals surface area contributed by atoms with E-state index in [1.54, 1.807) is 21.1 Å². The van der Waals surface area contributed by atoms with Gasteiger partial charge in [0.05, 0.1) is 26.6 Å². The van der Waals surface area contributed by atoms with Crippen LogP contribution < -0.4 is 35.4 Å². The van der Waals surface area contributed by atoms with E-state index in [9.17, 15) is 38.3 Å². The fraction of sp³-hybridized carbons (Fsp3) is 0.615. The highest BCUT2D eigenvalue weighted by atomic mass is 31.3. The van der Waals surface area contributed by atoms with E-state index in [4.69, 9.17) is 33.9 Å². The van der Waals surface area contributed by atoms with Crippen LogP contribution in [0.15, 0.2) is 23.8 Å². The number of fused-ring (bicyclic) bond motifs is 2. The number of aliphatic hydroxyl groups excluding tert-OH is 1. The monoisotopic (exact) mass is 854 g/mol. The van der Waals surface area contributed by atoms with Crippen LogP contribution in [-0.2, 0) is 62.1 Å². The molecular weight excluding hydrogens is 817 g/mol. The molecule has 2 aliphatic heterocycles. The highest BCUT2D eigenvalue weighted by Crippen LogP contribution is 2.63. The lowest BCUT2D eigenvalue weighted by Crippen LogP contribution is -2.46. The third-order valence-corrected chi connectivity index (χ3v) is 12.9. The Kier molecular flexibility index (Phi) is 12.2. The second-order valence-corrected chi connectivity index (χ2v) is 17.0. The van der Waals surface area contributed by atoms with Crippen LogP contribution in [0, 0.1) is 0 Å². The summed E-state index contributed by atoms with van der Waals surface area (Å²) in [7, 11) is -9.51. The maximum atomic E-state index is 12.8. The number of nitrogen functional groups attached to an aromatic ring is 1. The first-order valence-corrected chi connectivity index (χ1v) is 20.5. The summed E-state index contributed by atoms with van der Waals surface area (Å²) in [6.07, 6.45) is -5.73. The number of nitrogens with zero attached hydrogens (tertiary/aromatic N) is 8. The van der Waals surface area contributed by atoms with Crippen molar-refractivity contribution in [3.05, 3.63) is 29.3 Å². The van der Waals surface area contributed by atoms with Crippen molar-refractivity contribution in [2.75, 3.05) is 59.3 Å². The van der Waals surface area contributed by atoms with Crippen LogP contribution in [0.3, 0.4) is 0 Å². The number of rotatable bonds is 16. The zero-order valence-electron chi connectivity index (χ0n) is 30.2. The van der Waals surface area contributed by atoms with Gasteiger partial charge in [-0.2, -0.15) is 0 Å². The standard InChI is InChI=1S/C26H39N10O17P3/c1-33(2)26-31-22-15(23(38)32-26)34(3)11-36(22)24-16(37)17(45-4)12(50-24)7-48-54(39,40)52-56(43,44)53-55(41,42)49-8-13-18(46-5)19(47-6)25(51-13)35-10-30-14-20(27)28-9-29-21(14)35/h9-13,16-19,24-25,37H,7-8H2,1-6H3,(H5-,27,28,29,31,32,38,39,40,41,42,43,44)/p-2/t12-,13-,16?,17+,18?,19+,24-,25-/m1/s1. The van der Waals surface area contributed by atoms with E-state index in [0.717, 1.165) is 0 Å². The number of imidazole rings is 2. The minimum Gasteiger partial charge on any atom is -0.756 e. The second-order valence-electron chi connectivity index (χ2n) is 12.5. The van der Waals surface area contributed by atoms with E-state index < -0.39 is 91.3 Å². The van der Waals surface area contributed by atoms with Gasteiger partial charge in [0.25, 0.3) is 35.0 Å². The van der Waals surface area contributed by atoms with E-state index in [0.29, 0.717) is 0 Å². The van der Waals surface area contributed by atoms with Gasteiger partial charge in [-0.15, -0.1) is 0 Å². The summed E-state index contributed by atoms with van der Waals surface area (Å²) >= 11 is 0. The molecule has 2 saturated heterocycles. The number of aromatic amines is 1. The van der Waals surface area contributed by atoms with E-state index in [1.165, 1.54) is 58.9 Å². The van der Waals surface area contributed by atoms with Gasteiger partial charge in [0.15, 0.2) is 24.0 Å². The molecule has 11 atom stereocenters. The Morgan fingerprint density at radius 2 is 1.55 bits per heavy atom. The Bertz CT molecular complexity index is 2270. The quantitative estimate of drug-likeness (QED) is 0.0734. The SMILES string of the molecule is COC1[C@@H](COP(=O)([O-])OP(=O)([O-])OP(=O)([O-])OC[C@H]2O[C@@H]([n+]3cn(C)c4c(=O)[nH]c(N(C)C)nc43)C(O)[C@H]2OC)O[C@@H](n2cnc3c(N)ncnc32)[C@H]1OC. The van der Waals surface area contributed by atoms with Crippen LogP contribution in [0.2, 0.25) is 0 Å². The van der Waals surface area contributed by atoms with Gasteiger partial charge in [-0.05, 0) is 0 Å². The molecule has 27 nitrogen and oxygen atoms in total. The summed E-state index contributed by atoms with van der Waals surface area (Å²) in [4.78, 5) is 71.2. The summed E-state index contributed by atoms with van der Waals surface area (Å²) in [5.74, 6) is 0.261. The van der Waals surface area contributed by atoms with Gasteiger partial charge in [0.2, 0.25) is 11.7 Å². The molecule has 0 saturated carbocycles. The van der Waals surface area contributed by atoms with E-state index in [-0.39, 0.29) is 34.1 Å². The van der Waals surface area contributed by atoms with Crippen LogP contribution in [0.25, 0.3) is 22.3 Å². The fourth-order valence-corrected chi connectivity index (χ4v) is 9.69. The molecule has 4 aromatic heterocycles. The van der Waals surface area contributed by atoms with Crippen LogP contribution in [0.4, 0.5) is 11.8 Å². The van der Waals surface area contributed by atoms with Crippen molar-refractivity contribution in [2.24, 2.45) is 7.05 Å². The van der Waals surface area contributed by atoms with E-state index in [2.05, 4.69) is 38.1 Å². The number of hydrogen-bond donors (Lipinski definition) is 3. The van der Waals surface area contributed by atoms with Crippen molar-refractivity contribution in [2.45, 2.75) is 49.1 Å². The summed E-state index contributed by atoms with van der Waals surface area (Å²) in [6, 6.07) is 0. The molecule has 0 spiro atoms. The molecule has 2 aliphatic rings. The number of phosphoric ester groups is 2. The number of ether oxygens (including phenoxy) is 5. The number of methoxy groups -OCH3 is 3. The van der Waals surface area contributed by atoms with Crippen LogP contribution in [0.1, 0.15) is 12.5 Å². The molecule has 6 rings (SSSR count). The van der Waals surface area contributed by atoms with Crippen molar-refractivity contribution >= 4 is 57.6 Å². The topological polar surface area (TPSA) is 351 Å². The molecule has 56 heavy (non-hydrogen) atoms. The van der Waals surface area contributed by atoms with Gasteiger partial charge in [-0.3, -0.25) is 32.6 Å². The Hall–Kier alpha value is -3.33. The Morgan fingerprint density at radius 1 is 0.946 bits per heavy atom. The third-order valence-electron chi connectivity index (χ3n) is 8.72. The largest absolute Gasteiger partial charge is 0.756 e. The van der Waals surface area contributed by atoms with Crippen molar-refractivity contribution in [3.63, 3.8) is 0 Å². The molecule has 310 valence electrons. The fourth-order valence-electron chi connectivity index (χ4n) is 6.31. The van der Waals surface area contributed by atoms with E-state index in [1.807, 2.05) is 0 Å². The highest BCUT2D eigenvalue weighted by Gasteiger charge is 2.50. The lowest BCUT2D eigenvalue weighted by atomic mass is 10.1. The molecule has 4 N–H and O–H groups in total. The first-order valence-electron chi connectivity index (χ1n) is 16.1. The van der Waals surface area contributed by atoms with Gasteiger partial charge < -0.3 is 63.2 Å². The Labute approximate surface area is 315 Å². The summed E-state index contributed by atoms with van der Waals surface area (Å²) in [5.41, 5.74) is 6.06. The van der Waals surface area contributed by atoms with Crippen molar-refractivity contribution < 1.29 is 79.4 Å². The Balaban J connectivity index is 1.08. The minimum absolute atomic E-state index is 0.0801. The minimum atomic E-state index is -6.28. The Morgan fingerprint density at radius 3 is 2.14 bits per heavy atom. The molecule has 5 unspecified atom stereocenters. The van der Waals surface area contributed by atoms with Crippen LogP contribution in [-0.4, -0.2) is 124 Å². The van der Waals surface area contributed by atoms with Gasteiger partial charge in [-0.1, -0.05) is 4.98 Å². The summed E-state index contributed by atoms with van der Waals surface area (Å²) in [6.45, 7) is -1.90. The molecule has 0 bridgehead atoms. The highest BCUT2D eigenvalue weighted by molar-refractivity contribution is 7.65. The predicted octanol–water partition coefficient (Wildman–Crippen LogP) is -3.29. The lowest BCUT2D eigenvalue weighted by molar-refractivity contribution is -0.745. The van der Waals surface area contributed by atoms with Crippen LogP contribution >= 0.6 is 23.5 Å². The summed E-state index contributed by atoms with van der Waals surface area (Å²) in [5, 5.41) is 11.1. The number of nitrogens with two attached hydrogens (primary N) is 1. The molecule has 0 aliphatic carbocycles. The van der Waals surface area contributed by atoms with E-state index >= 15 is 0 Å². The number of nitrogens with one attached hydrogen (secondary N) is 1. The molecular formula is C26H37N10O17P3-2. The zero-order valence-corrected chi connectivity index (χ0v) is 32.9.